The molecule has 0 radical (unpaired) electrons. The molecule has 138 valence electrons. The summed E-state index contributed by atoms with van der Waals surface area (Å²) >= 11 is 0. The molecule has 0 spiro atoms. The molecule has 2 N–H and O–H groups in total. The maximum atomic E-state index is 12.2. The third kappa shape index (κ3) is 6.33. The number of hydrogen-bond donors (Lipinski definition) is 2. The molecule has 1 amide bonds. The van der Waals surface area contributed by atoms with Crippen LogP contribution in [0.1, 0.15) is 41.8 Å². The van der Waals surface area contributed by atoms with Crippen molar-refractivity contribution < 1.29 is 19.4 Å². The van der Waals surface area contributed by atoms with Crippen molar-refractivity contribution in [1.29, 1.82) is 0 Å². The van der Waals surface area contributed by atoms with Gasteiger partial charge in [0.25, 0.3) is 0 Å². The molecule has 0 unspecified atom stereocenters. The Labute approximate surface area is 154 Å². The van der Waals surface area contributed by atoms with E-state index in [1.165, 1.54) is 0 Å². The minimum absolute atomic E-state index is 0.126. The summed E-state index contributed by atoms with van der Waals surface area (Å²) in [7, 11) is 0. The normalized spacial score (nSPS) is 11.2. The van der Waals surface area contributed by atoms with Crippen LogP contribution in [0.3, 0.4) is 0 Å². The van der Waals surface area contributed by atoms with E-state index < -0.39 is 11.5 Å². The lowest BCUT2D eigenvalue weighted by atomic mass is 10.0. The van der Waals surface area contributed by atoms with Crippen LogP contribution in [-0.4, -0.2) is 29.1 Å². The molecule has 0 saturated carbocycles. The number of carboxylic acid groups (broad SMARTS) is 1. The second kappa shape index (κ2) is 9.15. The second-order valence-electron chi connectivity index (χ2n) is 6.87. The first kappa shape index (κ1) is 19.7. The van der Waals surface area contributed by atoms with Gasteiger partial charge >= 0.3 is 5.97 Å². The Kier molecular flexibility index (Phi) is 6.92. The number of hydrogen-bond acceptors (Lipinski definition) is 3. The molecule has 0 fully saturated rings. The molecule has 2 aromatic rings. The van der Waals surface area contributed by atoms with Crippen molar-refractivity contribution in [3.05, 3.63) is 71.3 Å². The Bertz CT molecular complexity index is 741. The molecule has 5 heteroatoms. The molecule has 0 aromatic heterocycles. The van der Waals surface area contributed by atoms with Crippen LogP contribution >= 0.6 is 0 Å². The number of carboxylic acids is 1. The van der Waals surface area contributed by atoms with Crippen LogP contribution < -0.4 is 5.32 Å². The predicted molar refractivity (Wildman–Crippen MR) is 100 cm³/mol. The van der Waals surface area contributed by atoms with Gasteiger partial charge in [-0.25, -0.2) is 4.79 Å². The summed E-state index contributed by atoms with van der Waals surface area (Å²) in [5.74, 6) is -1.10. The van der Waals surface area contributed by atoms with Crippen molar-refractivity contribution in [3.8, 4) is 0 Å². The monoisotopic (exact) mass is 355 g/mol. The van der Waals surface area contributed by atoms with Crippen molar-refractivity contribution in [2.45, 2.75) is 38.8 Å². The van der Waals surface area contributed by atoms with Gasteiger partial charge in [-0.3, -0.25) is 4.79 Å². The van der Waals surface area contributed by atoms with Crippen LogP contribution in [0.4, 0.5) is 0 Å². The molecular weight excluding hydrogens is 330 g/mol. The highest BCUT2D eigenvalue weighted by molar-refractivity contribution is 5.89. The fourth-order valence-electron chi connectivity index (χ4n) is 2.67. The van der Waals surface area contributed by atoms with Gasteiger partial charge in [0.2, 0.25) is 5.91 Å². The second-order valence-corrected chi connectivity index (χ2v) is 6.87. The summed E-state index contributed by atoms with van der Waals surface area (Å²) in [5, 5.41) is 12.1. The molecule has 0 aliphatic carbocycles. The van der Waals surface area contributed by atoms with Crippen LogP contribution in [0, 0.1) is 0 Å². The van der Waals surface area contributed by atoms with Gasteiger partial charge < -0.3 is 15.2 Å². The van der Waals surface area contributed by atoms with E-state index in [9.17, 15) is 14.7 Å². The Morgan fingerprint density at radius 3 is 2.38 bits per heavy atom. The Morgan fingerprint density at radius 1 is 1.04 bits per heavy atom. The van der Waals surface area contributed by atoms with Crippen LogP contribution in [0.2, 0.25) is 0 Å². The largest absolute Gasteiger partial charge is 0.478 e. The van der Waals surface area contributed by atoms with Gasteiger partial charge in [-0.05, 0) is 37.5 Å². The molecule has 0 atom stereocenters. The summed E-state index contributed by atoms with van der Waals surface area (Å²) in [6, 6.07) is 16.6. The van der Waals surface area contributed by atoms with Gasteiger partial charge in [-0.2, -0.15) is 0 Å². The van der Waals surface area contributed by atoms with Crippen LogP contribution in [0.5, 0.6) is 0 Å². The first-order valence-corrected chi connectivity index (χ1v) is 8.61. The molecule has 5 nitrogen and oxygen atoms in total. The highest BCUT2D eigenvalue weighted by atomic mass is 16.5. The average molecular weight is 355 g/mol. The van der Waals surface area contributed by atoms with E-state index in [0.717, 1.165) is 5.56 Å². The van der Waals surface area contributed by atoms with Crippen molar-refractivity contribution >= 4 is 11.9 Å². The number of nitrogens with one attached hydrogen (secondary N) is 1. The van der Waals surface area contributed by atoms with E-state index >= 15 is 0 Å². The third-order valence-electron chi connectivity index (χ3n) is 3.92. The number of ether oxygens (including phenoxy) is 1. The maximum Gasteiger partial charge on any atom is 0.335 e. The smallest absolute Gasteiger partial charge is 0.335 e. The highest BCUT2D eigenvalue weighted by Gasteiger charge is 2.21. The summed E-state index contributed by atoms with van der Waals surface area (Å²) < 4.78 is 5.71. The molecule has 2 aromatic carbocycles. The van der Waals surface area contributed by atoms with Crippen molar-refractivity contribution in [2.75, 3.05) is 6.61 Å². The van der Waals surface area contributed by atoms with E-state index in [4.69, 9.17) is 4.74 Å². The third-order valence-corrected chi connectivity index (χ3v) is 3.92. The Balaban J connectivity index is 1.80. The summed E-state index contributed by atoms with van der Waals surface area (Å²) in [6.07, 6.45) is 0.613. The fourth-order valence-corrected chi connectivity index (χ4v) is 2.67. The van der Waals surface area contributed by atoms with E-state index in [-0.39, 0.29) is 17.9 Å². The Morgan fingerprint density at radius 2 is 1.69 bits per heavy atom. The molecule has 0 heterocycles. The maximum absolute atomic E-state index is 12.2. The van der Waals surface area contributed by atoms with Gasteiger partial charge in [-0.1, -0.05) is 48.5 Å². The quantitative estimate of drug-likeness (QED) is 0.723. The number of aromatic carboxylic acids is 1. The topological polar surface area (TPSA) is 75.6 Å². The molecule has 0 aliphatic heterocycles. The van der Waals surface area contributed by atoms with Gasteiger partial charge in [0.15, 0.2) is 0 Å². The molecular formula is C21H25NO4. The van der Waals surface area contributed by atoms with Gasteiger partial charge in [0.05, 0.1) is 24.3 Å². The molecule has 26 heavy (non-hydrogen) atoms. The lowest BCUT2D eigenvalue weighted by molar-refractivity contribution is -0.123. The van der Waals surface area contributed by atoms with E-state index in [0.29, 0.717) is 25.2 Å². The van der Waals surface area contributed by atoms with Crippen molar-refractivity contribution in [2.24, 2.45) is 0 Å². The highest BCUT2D eigenvalue weighted by Crippen LogP contribution is 2.12. The van der Waals surface area contributed by atoms with Gasteiger partial charge in [-0.15, -0.1) is 0 Å². The minimum atomic E-state index is -0.976. The zero-order valence-corrected chi connectivity index (χ0v) is 15.2. The number of rotatable bonds is 9. The van der Waals surface area contributed by atoms with Crippen molar-refractivity contribution in [3.63, 3.8) is 0 Å². The zero-order chi connectivity index (χ0) is 19.0. The number of amides is 1. The number of carbonyl (C=O) groups is 2. The van der Waals surface area contributed by atoms with Crippen molar-refractivity contribution in [1.82, 2.24) is 5.32 Å². The Hall–Kier alpha value is -2.66. The molecule has 2 rings (SSSR count). The van der Waals surface area contributed by atoms with Crippen LogP contribution in [-0.2, 0) is 22.6 Å². The lowest BCUT2D eigenvalue weighted by Gasteiger charge is -2.26. The summed E-state index contributed by atoms with van der Waals surface area (Å²) in [4.78, 5) is 23.4. The van der Waals surface area contributed by atoms with Crippen LogP contribution in [0.15, 0.2) is 54.6 Å². The van der Waals surface area contributed by atoms with E-state index in [1.54, 1.807) is 24.3 Å². The standard InChI is InChI=1S/C21H25NO4/c1-21(2,15-26-14-16-8-4-3-5-9-16)22-19(23)13-12-17-10-6-7-11-18(17)20(24)25/h3-11H,12-15H2,1-2H3,(H,22,23)(H,24,25). The first-order chi connectivity index (χ1) is 12.4. The summed E-state index contributed by atoms with van der Waals surface area (Å²) in [6.45, 7) is 4.69. The lowest BCUT2D eigenvalue weighted by Crippen LogP contribution is -2.47. The van der Waals surface area contributed by atoms with E-state index in [1.807, 2.05) is 44.2 Å². The van der Waals surface area contributed by atoms with Crippen LogP contribution in [0.25, 0.3) is 0 Å². The number of carbonyl (C=O) groups excluding carboxylic acids is 1. The average Bonchev–Trinajstić information content (AvgIpc) is 2.60. The number of aryl methyl sites for hydroxylation is 1. The molecule has 0 aliphatic rings. The fraction of sp³-hybridized carbons (Fsp3) is 0.333. The molecule has 0 saturated heterocycles. The summed E-state index contributed by atoms with van der Waals surface area (Å²) in [5.41, 5.74) is 1.48. The first-order valence-electron chi connectivity index (χ1n) is 8.61. The SMILES string of the molecule is CC(C)(COCc1ccccc1)NC(=O)CCc1ccccc1C(=O)O. The molecule has 0 bridgehead atoms. The van der Waals surface area contributed by atoms with Gasteiger partial charge in [0.1, 0.15) is 0 Å². The van der Waals surface area contributed by atoms with Gasteiger partial charge in [0, 0.05) is 6.42 Å². The minimum Gasteiger partial charge on any atom is -0.478 e. The number of benzene rings is 2. The zero-order valence-electron chi connectivity index (χ0n) is 15.2. The van der Waals surface area contributed by atoms with E-state index in [2.05, 4.69) is 5.32 Å². The predicted octanol–water partition coefficient (Wildman–Crippen LogP) is 3.43.